The molecule has 3 saturated heterocycles. The lowest BCUT2D eigenvalue weighted by atomic mass is 9.77. The molecule has 0 aliphatic carbocycles. The minimum Gasteiger partial charge on any atom is -0.619 e. The fourth-order valence-electron chi connectivity index (χ4n) is 8.17. The number of methoxy groups -OCH3 is 2. The smallest absolute Gasteiger partial charge is 0.408 e. The van der Waals surface area contributed by atoms with Gasteiger partial charge in [-0.1, -0.05) is 96.0 Å². The minimum atomic E-state index is -1.08. The summed E-state index contributed by atoms with van der Waals surface area (Å²) in [6.45, 7) is 3.01. The van der Waals surface area contributed by atoms with Crippen LogP contribution >= 0.6 is 23.2 Å². The first-order chi connectivity index (χ1) is 28.1. The number of halogens is 2. The molecule has 4 aromatic carbocycles. The van der Waals surface area contributed by atoms with Crippen molar-refractivity contribution in [3.63, 3.8) is 0 Å². The van der Waals surface area contributed by atoms with Crippen molar-refractivity contribution in [2.45, 2.75) is 49.9 Å². The predicted octanol–water partition coefficient (Wildman–Crippen LogP) is 8.33. The molecule has 13 heteroatoms. The number of amides is 1. The molecule has 5 aromatic rings. The summed E-state index contributed by atoms with van der Waals surface area (Å²) in [5.41, 5.74) is 4.06. The number of hydrogen-bond acceptors (Lipinski definition) is 8. The number of hydrogen-bond donors (Lipinski definition) is 2. The quantitative estimate of drug-likeness (QED) is 0.0790. The van der Waals surface area contributed by atoms with Gasteiger partial charge in [0.25, 0.3) is 0 Å². The van der Waals surface area contributed by atoms with Gasteiger partial charge in [0.15, 0.2) is 23.9 Å². The van der Waals surface area contributed by atoms with Crippen LogP contribution in [-0.4, -0.2) is 62.0 Å². The van der Waals surface area contributed by atoms with Crippen LogP contribution in [0.25, 0.3) is 0 Å². The van der Waals surface area contributed by atoms with Crippen molar-refractivity contribution in [3.05, 3.63) is 158 Å². The van der Waals surface area contributed by atoms with Crippen molar-refractivity contribution in [1.82, 2.24) is 10.2 Å². The lowest BCUT2D eigenvalue weighted by Gasteiger charge is -2.43. The van der Waals surface area contributed by atoms with E-state index < -0.39 is 29.9 Å². The van der Waals surface area contributed by atoms with Crippen LogP contribution in [0.3, 0.4) is 0 Å². The zero-order chi connectivity index (χ0) is 40.8. The first-order valence-electron chi connectivity index (χ1n) is 19.2. The number of aromatic nitrogens is 1. The van der Waals surface area contributed by atoms with Gasteiger partial charge >= 0.3 is 12.1 Å². The van der Waals surface area contributed by atoms with Gasteiger partial charge in [-0.3, -0.25) is 9.69 Å². The van der Waals surface area contributed by atoms with Crippen LogP contribution in [0.15, 0.2) is 109 Å². The van der Waals surface area contributed by atoms with Gasteiger partial charge in [0, 0.05) is 18.0 Å². The highest BCUT2D eigenvalue weighted by atomic mass is 35.5. The number of nitrogens with one attached hydrogen (secondary N) is 1. The highest BCUT2D eigenvalue weighted by Gasteiger charge is 2.37. The lowest BCUT2D eigenvalue weighted by molar-refractivity contribution is -0.605. The van der Waals surface area contributed by atoms with E-state index in [-0.39, 0.29) is 29.2 Å². The number of aliphatic carboxylic acids is 1. The maximum atomic E-state index is 13.4. The monoisotopic (exact) mass is 825 g/mol. The molecule has 4 heterocycles. The summed E-state index contributed by atoms with van der Waals surface area (Å²) < 4.78 is 23.8. The molecular formula is C45H45Cl2N3O8. The predicted molar refractivity (Wildman–Crippen MR) is 220 cm³/mol. The molecule has 8 rings (SSSR count). The number of nitrogens with zero attached hydrogens (tertiary/aromatic N) is 2. The number of piperidine rings is 3. The number of carboxylic acids is 1. The van der Waals surface area contributed by atoms with Crippen molar-refractivity contribution < 1.29 is 38.4 Å². The number of ether oxygens (including phenoxy) is 4. The summed E-state index contributed by atoms with van der Waals surface area (Å²) in [7, 11) is 3.03. The number of rotatable bonds is 15. The number of carbonyl (C=O) groups is 2. The van der Waals surface area contributed by atoms with Crippen molar-refractivity contribution in [1.29, 1.82) is 0 Å². The molecule has 3 fully saturated rings. The molecule has 0 spiro atoms. The number of benzene rings is 4. The number of pyridine rings is 1. The molecule has 302 valence electrons. The maximum absolute atomic E-state index is 13.4. The van der Waals surface area contributed by atoms with E-state index >= 15 is 0 Å². The Labute approximate surface area is 347 Å². The number of carbonyl (C=O) groups excluding carboxylic acids is 1. The number of fused-ring (bicyclic) bond motifs is 3. The van der Waals surface area contributed by atoms with Crippen molar-refractivity contribution in [3.8, 4) is 17.2 Å². The summed E-state index contributed by atoms with van der Waals surface area (Å²) in [4.78, 5) is 29.0. The van der Waals surface area contributed by atoms with Gasteiger partial charge in [-0.05, 0) is 90.4 Å². The molecule has 3 aliphatic rings. The Balaban J connectivity index is 1.13. The van der Waals surface area contributed by atoms with Gasteiger partial charge in [0.1, 0.15) is 28.5 Å². The van der Waals surface area contributed by atoms with Crippen LogP contribution in [0.5, 0.6) is 17.2 Å². The van der Waals surface area contributed by atoms with E-state index in [1.165, 1.54) is 26.6 Å². The second kappa shape index (κ2) is 18.4. The first kappa shape index (κ1) is 40.7. The molecule has 0 saturated carbocycles. The molecule has 1 aromatic heterocycles. The van der Waals surface area contributed by atoms with E-state index in [9.17, 15) is 19.9 Å². The summed E-state index contributed by atoms with van der Waals surface area (Å²) in [5, 5.41) is 26.3. The standard InChI is InChI=1S/C45H45Cl2N3O8/c1-55-39-15-14-31(22-40(39)56-2)35(23-36-37(46)24-50(54)25-38(36)47)42(44(51)52)32-11-6-8-28(20-32)27-57-34-13-7-12-33(21-34)43(30-9-4-3-5-10-30)48-45(53)58-41-26-49-18-16-29(41)17-19-49/h3-15,20-22,24-25,29,35,41-43H,16-19,23,26-27H2,1-2H3,(H,48,53)(H,51,52)/t35-,41+,42?,43?/m1/s1. The third-order valence-electron chi connectivity index (χ3n) is 11.1. The van der Waals surface area contributed by atoms with Crippen LogP contribution in [0.1, 0.15) is 64.1 Å². The van der Waals surface area contributed by atoms with Gasteiger partial charge in [0.05, 0.1) is 26.2 Å². The van der Waals surface area contributed by atoms with Crippen molar-refractivity contribution in [2.24, 2.45) is 5.92 Å². The van der Waals surface area contributed by atoms with Gasteiger partial charge in [0.2, 0.25) is 0 Å². The molecule has 2 bridgehead atoms. The van der Waals surface area contributed by atoms with E-state index in [2.05, 4.69) is 10.2 Å². The van der Waals surface area contributed by atoms with Crippen LogP contribution < -0.4 is 24.3 Å². The van der Waals surface area contributed by atoms with E-state index in [0.29, 0.717) is 44.6 Å². The molecule has 58 heavy (non-hydrogen) atoms. The molecule has 11 nitrogen and oxygen atoms in total. The van der Waals surface area contributed by atoms with Crippen LogP contribution in [-0.2, 0) is 22.6 Å². The van der Waals surface area contributed by atoms with Crippen LogP contribution in [0.4, 0.5) is 4.79 Å². The highest BCUT2D eigenvalue weighted by Crippen LogP contribution is 2.42. The molecule has 2 N–H and O–H groups in total. The molecule has 3 aliphatic heterocycles. The summed E-state index contributed by atoms with van der Waals surface area (Å²) in [6.07, 6.45) is 3.99. The van der Waals surface area contributed by atoms with E-state index in [0.717, 1.165) is 49.2 Å². The Hall–Kier alpha value is -5.49. The van der Waals surface area contributed by atoms with Crippen molar-refractivity contribution >= 4 is 35.3 Å². The highest BCUT2D eigenvalue weighted by molar-refractivity contribution is 6.35. The molecule has 2 unspecified atom stereocenters. The average molecular weight is 827 g/mol. The summed E-state index contributed by atoms with van der Waals surface area (Å²) in [6, 6.07) is 29.3. The van der Waals surface area contributed by atoms with E-state index in [4.69, 9.17) is 42.1 Å². The molecule has 1 amide bonds. The van der Waals surface area contributed by atoms with E-state index in [1.807, 2.05) is 66.7 Å². The largest absolute Gasteiger partial charge is 0.619 e. The van der Waals surface area contributed by atoms with Gasteiger partial charge in [-0.25, -0.2) is 4.79 Å². The SMILES string of the molecule is COc1ccc([C@@H](Cc2c(Cl)c[n+]([O-])cc2Cl)C(C(=O)O)c2cccc(COc3cccc(C(NC(=O)O[C@H]4CN5CCC4CC5)c4ccccc4)c3)c2)cc1OC. The maximum Gasteiger partial charge on any atom is 0.408 e. The van der Waals surface area contributed by atoms with Crippen molar-refractivity contribution in [2.75, 3.05) is 33.9 Å². The molecular weight excluding hydrogens is 781 g/mol. The fraction of sp³-hybridized carbons (Fsp3) is 0.311. The second-order valence-electron chi connectivity index (χ2n) is 14.7. The topological polar surface area (TPSA) is 134 Å². The zero-order valence-electron chi connectivity index (χ0n) is 32.2. The summed E-state index contributed by atoms with van der Waals surface area (Å²) in [5.74, 6) is -0.987. The average Bonchev–Trinajstić information content (AvgIpc) is 3.23. The normalized spacial score (nSPS) is 18.7. The van der Waals surface area contributed by atoms with Gasteiger partial charge in [-0.2, -0.15) is 4.73 Å². The second-order valence-corrected chi connectivity index (χ2v) is 15.5. The van der Waals surface area contributed by atoms with Gasteiger partial charge < -0.3 is 34.6 Å². The number of carboxylic acid groups (broad SMARTS) is 1. The lowest BCUT2D eigenvalue weighted by Crippen LogP contribution is -2.52. The zero-order valence-corrected chi connectivity index (χ0v) is 33.7. The third-order valence-corrected chi connectivity index (χ3v) is 11.8. The van der Waals surface area contributed by atoms with Gasteiger partial charge in [-0.15, -0.1) is 0 Å². The molecule has 4 atom stereocenters. The number of alkyl carbamates (subject to hydrolysis) is 1. The molecule has 0 radical (unpaired) electrons. The fourth-order valence-corrected chi connectivity index (χ4v) is 8.77. The minimum absolute atomic E-state index is 0.0995. The Morgan fingerprint density at radius 3 is 2.21 bits per heavy atom. The Morgan fingerprint density at radius 1 is 0.845 bits per heavy atom. The Bertz CT molecular complexity index is 2210. The van der Waals surface area contributed by atoms with E-state index in [1.54, 1.807) is 30.3 Å². The Kier molecular flexibility index (Phi) is 12.9. The van der Waals surface area contributed by atoms with Crippen LogP contribution in [0, 0.1) is 11.1 Å². The van der Waals surface area contributed by atoms with Crippen LogP contribution in [0.2, 0.25) is 10.0 Å². The summed E-state index contributed by atoms with van der Waals surface area (Å²) >= 11 is 13.1. The Morgan fingerprint density at radius 2 is 1.53 bits per heavy atom. The first-order valence-corrected chi connectivity index (χ1v) is 19.9. The third kappa shape index (κ3) is 9.44.